The zero-order chi connectivity index (χ0) is 19.8. The number of nitrogens with zero attached hydrogens (tertiary/aromatic N) is 2. The number of fused-ring (bicyclic) bond motifs is 1. The lowest BCUT2D eigenvalue weighted by Gasteiger charge is -2.37. The second-order valence-corrected chi connectivity index (χ2v) is 7.92. The van der Waals surface area contributed by atoms with Crippen molar-refractivity contribution in [2.24, 2.45) is 28.8 Å². The summed E-state index contributed by atoms with van der Waals surface area (Å²) in [6, 6.07) is 17.4. The summed E-state index contributed by atoms with van der Waals surface area (Å²) in [4.78, 5) is 25.6. The van der Waals surface area contributed by atoms with Crippen molar-refractivity contribution >= 4 is 18.0 Å². The third-order valence-corrected chi connectivity index (χ3v) is 6.16. The second kappa shape index (κ2) is 7.32. The summed E-state index contributed by atoms with van der Waals surface area (Å²) < 4.78 is 5.84. The lowest BCUT2D eigenvalue weighted by Crippen LogP contribution is -2.38. The van der Waals surface area contributed by atoms with Gasteiger partial charge in [0, 0.05) is 0 Å². The van der Waals surface area contributed by atoms with E-state index in [1.165, 1.54) is 0 Å². The molecule has 1 heterocycles. The van der Waals surface area contributed by atoms with Gasteiger partial charge in [-0.25, -0.2) is 0 Å². The van der Waals surface area contributed by atoms with Crippen molar-refractivity contribution in [2.45, 2.75) is 19.4 Å². The van der Waals surface area contributed by atoms with Crippen molar-refractivity contribution in [1.29, 1.82) is 0 Å². The average molecular weight is 386 g/mol. The van der Waals surface area contributed by atoms with Crippen molar-refractivity contribution in [1.82, 2.24) is 5.01 Å². The molecule has 5 nitrogen and oxygen atoms in total. The Labute approximate surface area is 169 Å². The van der Waals surface area contributed by atoms with Crippen LogP contribution < -0.4 is 4.74 Å². The number of carbonyl (C=O) groups is 2. The SMILES string of the molecule is O=C1C2C3C=CC(CC3)C2C(=O)N1N=Cc1cccc(OCc2ccccc2)c1. The minimum absolute atomic E-state index is 0.160. The van der Waals surface area contributed by atoms with E-state index in [-0.39, 0.29) is 35.5 Å². The van der Waals surface area contributed by atoms with Crippen LogP contribution in [0.3, 0.4) is 0 Å². The quantitative estimate of drug-likeness (QED) is 0.446. The zero-order valence-corrected chi connectivity index (χ0v) is 16.0. The number of amides is 2. The van der Waals surface area contributed by atoms with Crippen LogP contribution in [0.4, 0.5) is 0 Å². The van der Waals surface area contributed by atoms with E-state index in [9.17, 15) is 9.59 Å². The molecule has 0 spiro atoms. The average Bonchev–Trinajstić information content (AvgIpc) is 3.05. The van der Waals surface area contributed by atoms with Crippen molar-refractivity contribution < 1.29 is 14.3 Å². The van der Waals surface area contributed by atoms with Crippen LogP contribution in [-0.2, 0) is 16.2 Å². The Balaban J connectivity index is 1.29. The molecule has 2 fully saturated rings. The maximum absolute atomic E-state index is 12.8. The fourth-order valence-electron chi connectivity index (χ4n) is 4.72. The molecular formula is C24H22N2O3. The fraction of sp³-hybridized carbons (Fsp3) is 0.292. The highest BCUT2D eigenvalue weighted by atomic mass is 16.5. The van der Waals surface area contributed by atoms with Crippen molar-refractivity contribution in [2.75, 3.05) is 0 Å². The van der Waals surface area contributed by atoms with E-state index in [0.29, 0.717) is 12.4 Å². The molecule has 2 aromatic carbocycles. The highest BCUT2D eigenvalue weighted by Gasteiger charge is 2.56. The molecule has 1 saturated carbocycles. The summed E-state index contributed by atoms with van der Waals surface area (Å²) >= 11 is 0. The summed E-state index contributed by atoms with van der Waals surface area (Å²) in [6.07, 6.45) is 7.76. The van der Waals surface area contributed by atoms with E-state index in [0.717, 1.165) is 29.0 Å². The van der Waals surface area contributed by atoms with Crippen LogP contribution in [0.2, 0.25) is 0 Å². The van der Waals surface area contributed by atoms with Gasteiger partial charge in [0.15, 0.2) is 0 Å². The lowest BCUT2D eigenvalue weighted by molar-refractivity contribution is -0.140. The maximum atomic E-state index is 12.8. The van der Waals surface area contributed by atoms with Crippen LogP contribution in [0, 0.1) is 23.7 Å². The summed E-state index contributed by atoms with van der Waals surface area (Å²) in [5.74, 6) is 0.284. The third kappa shape index (κ3) is 3.27. The Morgan fingerprint density at radius 1 is 0.931 bits per heavy atom. The minimum atomic E-state index is -0.232. The predicted molar refractivity (Wildman–Crippen MR) is 109 cm³/mol. The first kappa shape index (κ1) is 17.9. The van der Waals surface area contributed by atoms with Crippen LogP contribution >= 0.6 is 0 Å². The topological polar surface area (TPSA) is 59.0 Å². The minimum Gasteiger partial charge on any atom is -0.489 e. The molecule has 3 aliphatic carbocycles. The molecule has 0 aromatic heterocycles. The number of carbonyl (C=O) groups excluding carboxylic acids is 2. The zero-order valence-electron chi connectivity index (χ0n) is 16.0. The number of hydrazone groups is 1. The predicted octanol–water partition coefficient (Wildman–Crippen LogP) is 3.80. The van der Waals surface area contributed by atoms with Gasteiger partial charge >= 0.3 is 0 Å². The van der Waals surface area contributed by atoms with Crippen molar-refractivity contribution in [3.8, 4) is 5.75 Å². The van der Waals surface area contributed by atoms with Crippen LogP contribution in [0.1, 0.15) is 24.0 Å². The van der Waals surface area contributed by atoms with E-state index < -0.39 is 0 Å². The Kier molecular flexibility index (Phi) is 4.51. The van der Waals surface area contributed by atoms with Gasteiger partial charge in [-0.05, 0) is 47.9 Å². The number of imide groups is 1. The summed E-state index contributed by atoms with van der Waals surface area (Å²) in [5, 5.41) is 5.35. The van der Waals surface area contributed by atoms with Crippen molar-refractivity contribution in [3.05, 3.63) is 77.9 Å². The smallest absolute Gasteiger partial charge is 0.254 e. The van der Waals surface area contributed by atoms with Gasteiger partial charge in [-0.2, -0.15) is 10.1 Å². The molecule has 4 atom stereocenters. The number of hydrogen-bond donors (Lipinski definition) is 0. The number of rotatable bonds is 5. The Bertz CT molecular complexity index is 966. The molecule has 5 heteroatoms. The van der Waals surface area contributed by atoms with Crippen molar-refractivity contribution in [3.63, 3.8) is 0 Å². The Morgan fingerprint density at radius 2 is 1.62 bits per heavy atom. The van der Waals surface area contributed by atoms with E-state index in [4.69, 9.17) is 4.74 Å². The first-order valence-corrected chi connectivity index (χ1v) is 10.1. The molecule has 1 aliphatic heterocycles. The first-order valence-electron chi connectivity index (χ1n) is 10.1. The van der Waals surface area contributed by atoms with Gasteiger partial charge in [0.05, 0.1) is 18.1 Å². The summed E-state index contributed by atoms with van der Waals surface area (Å²) in [5.41, 5.74) is 1.87. The standard InChI is InChI=1S/C24H22N2O3/c27-23-21-18-9-10-19(12-11-18)22(21)24(28)26(23)25-14-17-7-4-8-20(13-17)29-15-16-5-2-1-3-6-16/h1-10,13-14,18-19,21-22H,11-12,15H2. The molecule has 2 aromatic rings. The van der Waals surface area contributed by atoms with Gasteiger partial charge in [0.2, 0.25) is 0 Å². The number of benzene rings is 2. The number of allylic oxidation sites excluding steroid dienone is 2. The van der Waals surface area contributed by atoms with Crippen LogP contribution in [0.25, 0.3) is 0 Å². The molecule has 1 saturated heterocycles. The van der Waals surface area contributed by atoms with Gasteiger partial charge in [-0.15, -0.1) is 0 Å². The first-order chi connectivity index (χ1) is 14.2. The fourth-order valence-corrected chi connectivity index (χ4v) is 4.72. The molecule has 2 bridgehead atoms. The molecule has 2 amide bonds. The third-order valence-electron chi connectivity index (χ3n) is 6.16. The monoisotopic (exact) mass is 386 g/mol. The lowest BCUT2D eigenvalue weighted by atomic mass is 9.63. The van der Waals surface area contributed by atoms with E-state index >= 15 is 0 Å². The van der Waals surface area contributed by atoms with Gasteiger partial charge in [-0.1, -0.05) is 54.6 Å². The van der Waals surface area contributed by atoms with Gasteiger partial charge in [0.1, 0.15) is 12.4 Å². The Hall–Kier alpha value is -3.21. The van der Waals surface area contributed by atoms with Crippen LogP contribution in [-0.4, -0.2) is 23.0 Å². The highest BCUT2D eigenvalue weighted by molar-refractivity contribution is 6.06. The van der Waals surface area contributed by atoms with Gasteiger partial charge in [-0.3, -0.25) is 9.59 Å². The summed E-state index contributed by atoms with van der Waals surface area (Å²) in [6.45, 7) is 0.476. The molecular weight excluding hydrogens is 364 g/mol. The molecule has 4 unspecified atom stereocenters. The van der Waals surface area contributed by atoms with E-state index in [2.05, 4.69) is 17.3 Å². The van der Waals surface area contributed by atoms with E-state index in [1.807, 2.05) is 54.6 Å². The molecule has 4 aliphatic rings. The van der Waals surface area contributed by atoms with Gasteiger partial charge in [0.25, 0.3) is 11.8 Å². The molecule has 146 valence electrons. The molecule has 29 heavy (non-hydrogen) atoms. The number of ether oxygens (including phenoxy) is 1. The molecule has 0 radical (unpaired) electrons. The summed E-state index contributed by atoms with van der Waals surface area (Å²) in [7, 11) is 0. The second-order valence-electron chi connectivity index (χ2n) is 7.92. The largest absolute Gasteiger partial charge is 0.489 e. The highest BCUT2D eigenvalue weighted by Crippen LogP contribution is 2.49. The van der Waals surface area contributed by atoms with Crippen LogP contribution in [0.15, 0.2) is 71.9 Å². The van der Waals surface area contributed by atoms with Crippen LogP contribution in [0.5, 0.6) is 5.75 Å². The van der Waals surface area contributed by atoms with Gasteiger partial charge < -0.3 is 4.74 Å². The Morgan fingerprint density at radius 3 is 2.28 bits per heavy atom. The molecule has 6 rings (SSSR count). The van der Waals surface area contributed by atoms with E-state index in [1.54, 1.807) is 6.21 Å². The number of hydrogen-bond acceptors (Lipinski definition) is 4. The molecule has 0 N–H and O–H groups in total. The normalized spacial score (nSPS) is 27.7. The maximum Gasteiger partial charge on any atom is 0.254 e.